The first-order valence-electron chi connectivity index (χ1n) is 7.44. The smallest absolute Gasteiger partial charge is 0.244 e. The monoisotopic (exact) mass is 322 g/mol. The molecule has 1 aliphatic rings. The van der Waals surface area contributed by atoms with Crippen LogP contribution in [0.25, 0.3) is 11.4 Å². The van der Waals surface area contributed by atoms with Crippen molar-refractivity contribution < 1.29 is 4.52 Å². The average Bonchev–Trinajstić information content (AvgIpc) is 3.15. The molecule has 22 heavy (non-hydrogen) atoms. The second kappa shape index (κ2) is 6.77. The summed E-state index contributed by atoms with van der Waals surface area (Å²) < 4.78 is 5.46. The predicted molar refractivity (Wildman–Crippen MR) is 88.7 cm³/mol. The topological polar surface area (TPSA) is 68.2 Å². The lowest BCUT2D eigenvalue weighted by molar-refractivity contribution is 0.188. The molecule has 0 amide bonds. The third-order valence-electron chi connectivity index (χ3n) is 4.46. The van der Waals surface area contributed by atoms with Gasteiger partial charge in [-0.15, -0.1) is 12.4 Å². The average molecular weight is 323 g/mol. The van der Waals surface area contributed by atoms with Crippen LogP contribution in [0.2, 0.25) is 0 Å². The second-order valence-electron chi connectivity index (χ2n) is 6.23. The molecule has 0 saturated carbocycles. The highest BCUT2D eigenvalue weighted by molar-refractivity contribution is 5.85. The van der Waals surface area contributed by atoms with E-state index >= 15 is 0 Å². The van der Waals surface area contributed by atoms with Gasteiger partial charge < -0.3 is 10.3 Å². The van der Waals surface area contributed by atoms with Crippen LogP contribution in [0.1, 0.15) is 32.2 Å². The summed E-state index contributed by atoms with van der Waals surface area (Å²) in [5, 5.41) is 4.10. The van der Waals surface area contributed by atoms with E-state index < -0.39 is 0 Å². The number of nitrogens with two attached hydrogens (primary N) is 1. The van der Waals surface area contributed by atoms with Gasteiger partial charge in [-0.3, -0.25) is 4.90 Å². The minimum absolute atomic E-state index is 0. The summed E-state index contributed by atoms with van der Waals surface area (Å²) in [6.45, 7) is 7.08. The Hall–Kier alpha value is -1.43. The summed E-state index contributed by atoms with van der Waals surface area (Å²) in [6, 6.07) is 10.0. The molecule has 0 spiro atoms. The summed E-state index contributed by atoms with van der Waals surface area (Å²) in [4.78, 5) is 6.92. The van der Waals surface area contributed by atoms with Gasteiger partial charge in [-0.25, -0.2) is 0 Å². The van der Waals surface area contributed by atoms with Crippen LogP contribution in [0.4, 0.5) is 0 Å². The van der Waals surface area contributed by atoms with E-state index in [9.17, 15) is 0 Å². The predicted octanol–water partition coefficient (Wildman–Crippen LogP) is 2.89. The lowest BCUT2D eigenvalue weighted by Crippen LogP contribution is -2.32. The molecule has 1 aromatic carbocycles. The highest BCUT2D eigenvalue weighted by Gasteiger charge is 2.36. The molecule has 6 heteroatoms. The summed E-state index contributed by atoms with van der Waals surface area (Å²) in [5.74, 6) is 1.33. The molecule has 2 heterocycles. The summed E-state index contributed by atoms with van der Waals surface area (Å²) in [7, 11) is 0. The largest absolute Gasteiger partial charge is 0.337 e. The number of nitrogens with zero attached hydrogens (tertiary/aromatic N) is 3. The second-order valence-corrected chi connectivity index (χ2v) is 6.23. The maximum absolute atomic E-state index is 5.87. The lowest BCUT2D eigenvalue weighted by atomic mass is 9.90. The Bertz CT molecular complexity index is 603. The molecule has 120 valence electrons. The Labute approximate surface area is 137 Å². The third kappa shape index (κ3) is 3.32. The van der Waals surface area contributed by atoms with Gasteiger partial charge in [-0.05, 0) is 31.8 Å². The molecule has 0 aliphatic carbocycles. The molecule has 1 aliphatic heterocycles. The SMILES string of the molecule is CC(c1nc(-c2ccccc2)no1)N1CCC(C)(CN)C1.Cl. The molecule has 2 N–H and O–H groups in total. The van der Waals surface area contributed by atoms with E-state index in [0.717, 1.165) is 31.6 Å². The molecule has 1 saturated heterocycles. The summed E-state index contributed by atoms with van der Waals surface area (Å²) in [5.41, 5.74) is 7.06. The van der Waals surface area contributed by atoms with Gasteiger partial charge in [0.25, 0.3) is 0 Å². The quantitative estimate of drug-likeness (QED) is 0.937. The Balaban J connectivity index is 0.00000176. The van der Waals surface area contributed by atoms with Gasteiger partial charge in [0, 0.05) is 12.1 Å². The highest BCUT2D eigenvalue weighted by Crippen LogP contribution is 2.34. The van der Waals surface area contributed by atoms with Crippen molar-refractivity contribution in [3.63, 3.8) is 0 Å². The van der Waals surface area contributed by atoms with Crippen LogP contribution in [0.5, 0.6) is 0 Å². The van der Waals surface area contributed by atoms with Crippen LogP contribution >= 0.6 is 12.4 Å². The highest BCUT2D eigenvalue weighted by atomic mass is 35.5. The van der Waals surface area contributed by atoms with E-state index in [1.54, 1.807) is 0 Å². The van der Waals surface area contributed by atoms with Crippen molar-refractivity contribution in [2.45, 2.75) is 26.3 Å². The van der Waals surface area contributed by atoms with E-state index in [2.05, 4.69) is 28.9 Å². The van der Waals surface area contributed by atoms with E-state index in [-0.39, 0.29) is 23.9 Å². The first-order chi connectivity index (χ1) is 10.1. The fraction of sp³-hybridized carbons (Fsp3) is 0.500. The molecule has 2 aromatic rings. The van der Waals surface area contributed by atoms with Gasteiger partial charge in [0.05, 0.1) is 6.04 Å². The first-order valence-corrected chi connectivity index (χ1v) is 7.44. The van der Waals surface area contributed by atoms with Crippen molar-refractivity contribution in [2.24, 2.45) is 11.1 Å². The van der Waals surface area contributed by atoms with Crippen LogP contribution in [0.3, 0.4) is 0 Å². The minimum Gasteiger partial charge on any atom is -0.337 e. The molecule has 0 radical (unpaired) electrons. The maximum Gasteiger partial charge on any atom is 0.244 e. The number of halogens is 1. The molecular formula is C16H23ClN4O. The van der Waals surface area contributed by atoms with Crippen molar-refractivity contribution in [3.8, 4) is 11.4 Å². The van der Waals surface area contributed by atoms with Crippen molar-refractivity contribution in [1.82, 2.24) is 15.0 Å². The molecule has 1 aromatic heterocycles. The number of rotatable bonds is 4. The van der Waals surface area contributed by atoms with Crippen LogP contribution in [-0.4, -0.2) is 34.7 Å². The molecule has 1 fully saturated rings. The van der Waals surface area contributed by atoms with Gasteiger partial charge in [-0.2, -0.15) is 4.98 Å². The fourth-order valence-electron chi connectivity index (χ4n) is 2.82. The number of hydrogen-bond acceptors (Lipinski definition) is 5. The van der Waals surface area contributed by atoms with E-state index in [0.29, 0.717) is 11.7 Å². The molecule has 2 atom stereocenters. The van der Waals surface area contributed by atoms with Gasteiger partial charge in [0.15, 0.2) is 0 Å². The molecule has 3 rings (SSSR count). The molecule has 2 unspecified atom stereocenters. The van der Waals surface area contributed by atoms with Crippen LogP contribution < -0.4 is 5.73 Å². The Morgan fingerprint density at radius 3 is 2.73 bits per heavy atom. The summed E-state index contributed by atoms with van der Waals surface area (Å²) >= 11 is 0. The zero-order valence-corrected chi connectivity index (χ0v) is 13.8. The van der Waals surface area contributed by atoms with Crippen molar-refractivity contribution >= 4 is 12.4 Å². The number of hydrogen-bond donors (Lipinski definition) is 1. The fourth-order valence-corrected chi connectivity index (χ4v) is 2.82. The van der Waals surface area contributed by atoms with Gasteiger partial charge in [0.2, 0.25) is 11.7 Å². The number of aromatic nitrogens is 2. The Morgan fingerprint density at radius 2 is 2.09 bits per heavy atom. The van der Waals surface area contributed by atoms with Crippen LogP contribution in [0, 0.1) is 5.41 Å². The van der Waals surface area contributed by atoms with Gasteiger partial charge >= 0.3 is 0 Å². The van der Waals surface area contributed by atoms with Crippen molar-refractivity contribution in [2.75, 3.05) is 19.6 Å². The molecule has 5 nitrogen and oxygen atoms in total. The van der Waals surface area contributed by atoms with Crippen LogP contribution in [0.15, 0.2) is 34.9 Å². The minimum atomic E-state index is 0. The van der Waals surface area contributed by atoms with Crippen LogP contribution in [-0.2, 0) is 0 Å². The standard InChI is InChI=1S/C16H22N4O.ClH/c1-12(20-9-8-16(2,10-17)11-20)15-18-14(19-21-15)13-6-4-3-5-7-13;/h3-7,12H,8-11,17H2,1-2H3;1H. The van der Waals surface area contributed by atoms with Gasteiger partial charge in [-0.1, -0.05) is 42.4 Å². The Morgan fingerprint density at radius 1 is 1.36 bits per heavy atom. The Kier molecular flexibility index (Phi) is 5.21. The summed E-state index contributed by atoms with van der Waals surface area (Å²) in [6.07, 6.45) is 1.12. The molecule has 0 bridgehead atoms. The van der Waals surface area contributed by atoms with Gasteiger partial charge in [0.1, 0.15) is 0 Å². The maximum atomic E-state index is 5.87. The van der Waals surface area contributed by atoms with E-state index in [1.807, 2.05) is 30.3 Å². The van der Waals surface area contributed by atoms with E-state index in [4.69, 9.17) is 10.3 Å². The first kappa shape index (κ1) is 16.9. The normalized spacial score (nSPS) is 23.2. The van der Waals surface area contributed by atoms with E-state index in [1.165, 1.54) is 0 Å². The van der Waals surface area contributed by atoms with Crippen molar-refractivity contribution in [3.05, 3.63) is 36.2 Å². The number of benzene rings is 1. The third-order valence-corrected chi connectivity index (χ3v) is 4.46. The lowest BCUT2D eigenvalue weighted by Gasteiger charge is -2.25. The van der Waals surface area contributed by atoms with Crippen molar-refractivity contribution in [1.29, 1.82) is 0 Å². The zero-order chi connectivity index (χ0) is 14.9. The number of likely N-dealkylation sites (tertiary alicyclic amines) is 1. The zero-order valence-electron chi connectivity index (χ0n) is 13.0. The molecular weight excluding hydrogens is 300 g/mol.